The van der Waals surface area contributed by atoms with E-state index in [0.717, 1.165) is 0 Å². The maximum atomic E-state index is 12.8. The molecule has 1 aliphatic heterocycles. The van der Waals surface area contributed by atoms with Crippen LogP contribution in [-0.4, -0.2) is 36.2 Å². The fourth-order valence-corrected chi connectivity index (χ4v) is 3.21. The molecule has 0 radical (unpaired) electrons. The topological polar surface area (TPSA) is 95.7 Å². The number of anilines is 1. The molecule has 5 rings (SSSR count). The number of hydrogen-bond donors (Lipinski definition) is 1. The largest absolute Gasteiger partial charge is 0.495 e. The molecule has 150 valence electrons. The summed E-state index contributed by atoms with van der Waals surface area (Å²) in [6.07, 6.45) is 1.65. The molecule has 8 heteroatoms. The molecule has 30 heavy (non-hydrogen) atoms. The zero-order valence-electron chi connectivity index (χ0n) is 16.0. The summed E-state index contributed by atoms with van der Waals surface area (Å²) in [4.78, 5) is 21.4. The second-order valence-electron chi connectivity index (χ2n) is 6.57. The van der Waals surface area contributed by atoms with Crippen molar-refractivity contribution in [3.8, 4) is 28.7 Å². The molecule has 0 spiro atoms. The highest BCUT2D eigenvalue weighted by atomic mass is 16.6. The van der Waals surface area contributed by atoms with E-state index in [4.69, 9.17) is 18.6 Å². The maximum absolute atomic E-state index is 12.8. The molecule has 0 aliphatic carbocycles. The van der Waals surface area contributed by atoms with Crippen LogP contribution in [0.4, 0.5) is 5.69 Å². The molecule has 1 amide bonds. The van der Waals surface area contributed by atoms with Crippen molar-refractivity contribution in [2.75, 3.05) is 25.6 Å². The average molecular weight is 403 g/mol. The number of rotatable bonds is 4. The minimum Gasteiger partial charge on any atom is -0.495 e. The molecule has 0 fully saturated rings. The number of aromatic nitrogens is 2. The van der Waals surface area contributed by atoms with Crippen LogP contribution in [0.2, 0.25) is 0 Å². The number of fused-ring (bicyclic) bond motifs is 2. The van der Waals surface area contributed by atoms with E-state index >= 15 is 0 Å². The van der Waals surface area contributed by atoms with Crippen LogP contribution in [0.1, 0.15) is 10.4 Å². The Hall–Kier alpha value is -4.07. The number of benzene rings is 2. The average Bonchev–Trinajstić information content (AvgIpc) is 3.23. The summed E-state index contributed by atoms with van der Waals surface area (Å²) < 4.78 is 22.2. The van der Waals surface area contributed by atoms with Crippen LogP contribution in [0.3, 0.4) is 0 Å². The quantitative estimate of drug-likeness (QED) is 0.552. The van der Waals surface area contributed by atoms with Crippen molar-refractivity contribution in [1.82, 2.24) is 9.97 Å². The first-order valence-electron chi connectivity index (χ1n) is 9.32. The Bertz CT molecular complexity index is 1220. The van der Waals surface area contributed by atoms with Crippen molar-refractivity contribution in [1.29, 1.82) is 0 Å². The Morgan fingerprint density at radius 1 is 1.07 bits per heavy atom. The number of hydrogen-bond acceptors (Lipinski definition) is 7. The number of pyridine rings is 1. The highest BCUT2D eigenvalue weighted by Gasteiger charge is 2.17. The van der Waals surface area contributed by atoms with Crippen molar-refractivity contribution in [3.63, 3.8) is 0 Å². The molecule has 3 heterocycles. The van der Waals surface area contributed by atoms with Gasteiger partial charge in [0.25, 0.3) is 5.91 Å². The van der Waals surface area contributed by atoms with Crippen molar-refractivity contribution in [3.05, 3.63) is 60.3 Å². The fourth-order valence-electron chi connectivity index (χ4n) is 3.21. The van der Waals surface area contributed by atoms with Gasteiger partial charge in [0, 0.05) is 17.3 Å². The van der Waals surface area contributed by atoms with E-state index in [1.165, 1.54) is 7.11 Å². The third kappa shape index (κ3) is 3.28. The van der Waals surface area contributed by atoms with Crippen molar-refractivity contribution >= 4 is 22.8 Å². The van der Waals surface area contributed by atoms with Crippen LogP contribution < -0.4 is 19.5 Å². The number of nitrogens with one attached hydrogen (secondary N) is 1. The third-order valence-corrected chi connectivity index (χ3v) is 4.66. The first-order chi connectivity index (χ1) is 14.7. The first-order valence-corrected chi connectivity index (χ1v) is 9.32. The summed E-state index contributed by atoms with van der Waals surface area (Å²) in [5, 5.41) is 2.88. The number of amides is 1. The summed E-state index contributed by atoms with van der Waals surface area (Å²) >= 11 is 0. The van der Waals surface area contributed by atoms with E-state index < -0.39 is 0 Å². The number of carbonyl (C=O) groups excluding carboxylic acids is 1. The lowest BCUT2D eigenvalue weighted by atomic mass is 10.1. The third-order valence-electron chi connectivity index (χ3n) is 4.66. The van der Waals surface area contributed by atoms with E-state index in [1.54, 1.807) is 48.7 Å². The van der Waals surface area contributed by atoms with Gasteiger partial charge in [-0.05, 0) is 48.5 Å². The number of methoxy groups -OCH3 is 1. The summed E-state index contributed by atoms with van der Waals surface area (Å²) in [5.41, 5.74) is 2.73. The molecule has 0 saturated carbocycles. The van der Waals surface area contributed by atoms with Gasteiger partial charge in [-0.3, -0.25) is 4.79 Å². The number of oxazole rings is 1. The van der Waals surface area contributed by atoms with Gasteiger partial charge in [0.1, 0.15) is 19.0 Å². The van der Waals surface area contributed by atoms with Crippen LogP contribution in [0.15, 0.2) is 59.1 Å². The zero-order valence-corrected chi connectivity index (χ0v) is 16.0. The monoisotopic (exact) mass is 403 g/mol. The van der Waals surface area contributed by atoms with Crippen LogP contribution in [-0.2, 0) is 0 Å². The van der Waals surface area contributed by atoms with Crippen LogP contribution in [0, 0.1) is 0 Å². The molecule has 0 bridgehead atoms. The number of nitrogens with zero attached hydrogens (tertiary/aromatic N) is 2. The molecule has 8 nitrogen and oxygen atoms in total. The molecule has 2 aromatic heterocycles. The smallest absolute Gasteiger partial charge is 0.255 e. The SMILES string of the molecule is COc1ccc(-c2nc3ncccc3o2)cc1NC(=O)c1ccc2c(c1)OCCO2. The molecule has 2 aromatic carbocycles. The lowest BCUT2D eigenvalue weighted by Crippen LogP contribution is -2.17. The maximum Gasteiger partial charge on any atom is 0.255 e. The van der Waals surface area contributed by atoms with E-state index in [2.05, 4.69) is 15.3 Å². The van der Waals surface area contributed by atoms with Gasteiger partial charge < -0.3 is 23.9 Å². The zero-order chi connectivity index (χ0) is 20.5. The van der Waals surface area contributed by atoms with Gasteiger partial charge in [0.15, 0.2) is 22.7 Å². The molecule has 0 atom stereocenters. The number of ether oxygens (including phenoxy) is 3. The van der Waals surface area contributed by atoms with Crippen molar-refractivity contribution in [2.24, 2.45) is 0 Å². The Morgan fingerprint density at radius 3 is 2.77 bits per heavy atom. The normalized spacial score (nSPS) is 12.6. The van der Waals surface area contributed by atoms with Crippen molar-refractivity contribution < 1.29 is 23.4 Å². The molecule has 0 unspecified atom stereocenters. The van der Waals surface area contributed by atoms with E-state index in [0.29, 0.717) is 64.4 Å². The second kappa shape index (κ2) is 7.40. The standard InChI is InChI=1S/C22H17N3O5/c1-27-16-6-5-14(22-25-20-18(30-22)3-2-8-23-20)11-15(16)24-21(26)13-4-7-17-19(12-13)29-10-9-28-17/h2-8,11-12H,9-10H2,1H3,(H,24,26). The minimum atomic E-state index is -0.304. The van der Waals surface area contributed by atoms with Gasteiger partial charge in [-0.15, -0.1) is 0 Å². The minimum absolute atomic E-state index is 0.304. The van der Waals surface area contributed by atoms with Gasteiger partial charge in [-0.1, -0.05) is 0 Å². The Labute approximate surface area is 171 Å². The second-order valence-corrected chi connectivity index (χ2v) is 6.57. The predicted octanol–water partition coefficient (Wildman–Crippen LogP) is 3.92. The highest BCUT2D eigenvalue weighted by molar-refractivity contribution is 6.05. The van der Waals surface area contributed by atoms with Gasteiger partial charge in [0.2, 0.25) is 5.89 Å². The Morgan fingerprint density at radius 2 is 1.93 bits per heavy atom. The summed E-state index contributed by atoms with van der Waals surface area (Å²) in [6, 6.07) is 14.0. The van der Waals surface area contributed by atoms with E-state index in [9.17, 15) is 4.79 Å². The summed E-state index contributed by atoms with van der Waals surface area (Å²) in [6.45, 7) is 0.946. The van der Waals surface area contributed by atoms with Crippen molar-refractivity contribution in [2.45, 2.75) is 0 Å². The van der Waals surface area contributed by atoms with E-state index in [-0.39, 0.29) is 5.91 Å². The fraction of sp³-hybridized carbons (Fsp3) is 0.136. The first kappa shape index (κ1) is 18.0. The Balaban J connectivity index is 1.46. The van der Waals surface area contributed by atoms with Gasteiger partial charge >= 0.3 is 0 Å². The van der Waals surface area contributed by atoms with Crippen LogP contribution in [0.25, 0.3) is 22.7 Å². The van der Waals surface area contributed by atoms with Gasteiger partial charge in [-0.25, -0.2) is 4.98 Å². The molecule has 4 aromatic rings. The lowest BCUT2D eigenvalue weighted by Gasteiger charge is -2.19. The van der Waals surface area contributed by atoms with Crippen LogP contribution >= 0.6 is 0 Å². The Kier molecular flexibility index (Phi) is 4.44. The summed E-state index contributed by atoms with van der Waals surface area (Å²) in [5.74, 6) is 1.79. The highest BCUT2D eigenvalue weighted by Crippen LogP contribution is 2.33. The van der Waals surface area contributed by atoms with Crippen LogP contribution in [0.5, 0.6) is 17.2 Å². The van der Waals surface area contributed by atoms with E-state index in [1.807, 2.05) is 6.07 Å². The molecular weight excluding hydrogens is 386 g/mol. The molecular formula is C22H17N3O5. The van der Waals surface area contributed by atoms with Gasteiger partial charge in [0.05, 0.1) is 12.8 Å². The molecule has 1 aliphatic rings. The molecule has 0 saturated heterocycles. The predicted molar refractivity (Wildman–Crippen MR) is 109 cm³/mol. The summed E-state index contributed by atoms with van der Waals surface area (Å²) in [7, 11) is 1.54. The molecule has 1 N–H and O–H groups in total. The lowest BCUT2D eigenvalue weighted by molar-refractivity contribution is 0.102. The number of carbonyl (C=O) groups is 1. The van der Waals surface area contributed by atoms with Gasteiger partial charge in [-0.2, -0.15) is 4.98 Å².